The van der Waals surface area contributed by atoms with Crippen LogP contribution in [-0.4, -0.2) is 30.2 Å². The lowest BCUT2D eigenvalue weighted by molar-refractivity contribution is 0.0585. The molecule has 2 aromatic rings. The number of benzene rings is 1. The molecule has 2 N–H and O–H groups in total. The summed E-state index contributed by atoms with van der Waals surface area (Å²) in [6.07, 6.45) is 1.40. The third kappa shape index (κ3) is 2.94. The van der Waals surface area contributed by atoms with Gasteiger partial charge in [0, 0.05) is 24.0 Å². The van der Waals surface area contributed by atoms with Crippen molar-refractivity contribution in [3.05, 3.63) is 36.3 Å². The zero-order chi connectivity index (χ0) is 14.5. The highest BCUT2D eigenvalue weighted by molar-refractivity contribution is 5.85. The zero-order valence-electron chi connectivity index (χ0n) is 11.0. The van der Waals surface area contributed by atoms with Crippen molar-refractivity contribution < 1.29 is 19.0 Å². The number of hydrogen-bond acceptors (Lipinski definition) is 7. The summed E-state index contributed by atoms with van der Waals surface area (Å²) in [6, 6.07) is 6.45. The molecule has 20 heavy (non-hydrogen) atoms. The number of ether oxygens (including phenoxy) is 3. The number of carbonyl (C=O) groups excluding carboxylic acids is 1. The molecule has 0 spiro atoms. The summed E-state index contributed by atoms with van der Waals surface area (Å²) in [5.74, 6) is 0.363. The summed E-state index contributed by atoms with van der Waals surface area (Å²) in [6.45, 7) is 0. The molecule has 0 aliphatic heterocycles. The van der Waals surface area contributed by atoms with Crippen molar-refractivity contribution in [2.45, 2.75) is 0 Å². The van der Waals surface area contributed by atoms with Gasteiger partial charge in [-0.25, -0.2) is 9.78 Å². The van der Waals surface area contributed by atoms with E-state index >= 15 is 0 Å². The first-order valence-corrected chi connectivity index (χ1v) is 5.66. The maximum Gasteiger partial charge on any atom is 0.376 e. The molecule has 0 aliphatic rings. The third-order valence-corrected chi connectivity index (χ3v) is 2.40. The van der Waals surface area contributed by atoms with Gasteiger partial charge in [-0.2, -0.15) is 4.98 Å². The normalized spacial score (nSPS) is 9.90. The van der Waals surface area contributed by atoms with Crippen LogP contribution in [0.25, 0.3) is 0 Å². The average molecular weight is 275 g/mol. The molecular formula is C13H13N3O4. The lowest BCUT2D eigenvalue weighted by atomic mass is 10.3. The molecule has 7 heteroatoms. The summed E-state index contributed by atoms with van der Waals surface area (Å²) in [5.41, 5.74) is 6.20. The van der Waals surface area contributed by atoms with Gasteiger partial charge in [-0.1, -0.05) is 0 Å². The predicted octanol–water partition coefficient (Wildman–Crippen LogP) is 1.65. The Morgan fingerprint density at radius 1 is 1.20 bits per heavy atom. The molecule has 0 saturated carbocycles. The molecule has 1 aromatic heterocycles. The predicted molar refractivity (Wildman–Crippen MR) is 70.9 cm³/mol. The highest BCUT2D eigenvalue weighted by Gasteiger charge is 2.12. The van der Waals surface area contributed by atoms with E-state index in [-0.39, 0.29) is 11.7 Å². The second-order valence-electron chi connectivity index (χ2n) is 3.72. The summed E-state index contributed by atoms with van der Waals surface area (Å²) >= 11 is 0. The van der Waals surface area contributed by atoms with Gasteiger partial charge in [0.25, 0.3) is 0 Å². The van der Waals surface area contributed by atoms with Gasteiger partial charge in [0.1, 0.15) is 0 Å². The van der Waals surface area contributed by atoms with Crippen LogP contribution >= 0.6 is 0 Å². The minimum absolute atomic E-state index is 0.0839. The molecule has 0 bridgehead atoms. The van der Waals surface area contributed by atoms with Gasteiger partial charge in [-0.15, -0.1) is 0 Å². The van der Waals surface area contributed by atoms with Gasteiger partial charge in [-0.3, -0.25) is 0 Å². The fourth-order valence-electron chi connectivity index (χ4n) is 1.47. The Hall–Kier alpha value is -2.83. The van der Waals surface area contributed by atoms with Crippen molar-refractivity contribution in [1.82, 2.24) is 9.97 Å². The van der Waals surface area contributed by atoms with E-state index in [1.807, 2.05) is 0 Å². The second kappa shape index (κ2) is 5.87. The van der Waals surface area contributed by atoms with Crippen LogP contribution < -0.4 is 15.2 Å². The minimum atomic E-state index is -0.639. The molecule has 1 heterocycles. The van der Waals surface area contributed by atoms with Crippen molar-refractivity contribution in [3.63, 3.8) is 0 Å². The lowest BCUT2D eigenvalue weighted by Gasteiger charge is -2.10. The van der Waals surface area contributed by atoms with Gasteiger partial charge in [0.05, 0.1) is 14.2 Å². The maximum absolute atomic E-state index is 11.3. The largest absolute Gasteiger partial charge is 0.493 e. The third-order valence-electron chi connectivity index (χ3n) is 2.40. The van der Waals surface area contributed by atoms with Crippen LogP contribution in [0, 0.1) is 0 Å². The zero-order valence-corrected chi connectivity index (χ0v) is 11.0. The van der Waals surface area contributed by atoms with Crippen LogP contribution in [0.2, 0.25) is 0 Å². The Bertz CT molecular complexity index is 631. The smallest absolute Gasteiger partial charge is 0.376 e. The van der Waals surface area contributed by atoms with Crippen LogP contribution in [0.5, 0.6) is 17.4 Å². The fourth-order valence-corrected chi connectivity index (χ4v) is 1.47. The minimum Gasteiger partial charge on any atom is -0.493 e. The highest BCUT2D eigenvalue weighted by atomic mass is 16.5. The Kier molecular flexibility index (Phi) is 3.99. The number of aromatic nitrogens is 2. The van der Waals surface area contributed by atoms with E-state index in [0.29, 0.717) is 17.2 Å². The van der Waals surface area contributed by atoms with Gasteiger partial charge in [-0.05, 0) is 12.1 Å². The van der Waals surface area contributed by atoms with E-state index in [2.05, 4.69) is 14.7 Å². The molecular weight excluding hydrogens is 262 g/mol. The van der Waals surface area contributed by atoms with E-state index in [9.17, 15) is 4.79 Å². The van der Waals surface area contributed by atoms with Crippen LogP contribution in [0.1, 0.15) is 10.6 Å². The second-order valence-corrected chi connectivity index (χ2v) is 3.72. The molecule has 2 rings (SSSR count). The summed E-state index contributed by atoms with van der Waals surface area (Å²) in [4.78, 5) is 19.1. The van der Waals surface area contributed by atoms with Crippen molar-refractivity contribution >= 4 is 11.7 Å². The standard InChI is InChI=1S/C13H13N3O4/c1-18-10-7-8(14)3-4-9(10)20-11-5-6-15-12(16-11)13(17)19-2/h3-7H,14H2,1-2H3. The van der Waals surface area contributed by atoms with E-state index in [1.54, 1.807) is 18.2 Å². The van der Waals surface area contributed by atoms with Gasteiger partial charge < -0.3 is 19.9 Å². The Balaban J connectivity index is 2.28. The van der Waals surface area contributed by atoms with Crippen LogP contribution in [-0.2, 0) is 4.74 Å². The number of nitrogens with zero attached hydrogens (tertiary/aromatic N) is 2. The average Bonchev–Trinajstić information content (AvgIpc) is 2.48. The molecule has 0 radical (unpaired) electrons. The molecule has 7 nitrogen and oxygen atoms in total. The molecule has 0 amide bonds. The molecule has 0 saturated heterocycles. The summed E-state index contributed by atoms with van der Waals surface area (Å²) < 4.78 is 15.2. The molecule has 0 atom stereocenters. The molecule has 1 aromatic carbocycles. The van der Waals surface area contributed by atoms with Crippen molar-refractivity contribution in [1.29, 1.82) is 0 Å². The molecule has 104 valence electrons. The number of anilines is 1. The van der Waals surface area contributed by atoms with Gasteiger partial charge >= 0.3 is 5.97 Å². The van der Waals surface area contributed by atoms with Crippen LogP contribution in [0.4, 0.5) is 5.69 Å². The summed E-state index contributed by atoms with van der Waals surface area (Å²) in [7, 11) is 2.75. The first-order chi connectivity index (χ1) is 9.63. The van der Waals surface area contributed by atoms with Crippen molar-refractivity contribution in [2.24, 2.45) is 0 Å². The van der Waals surface area contributed by atoms with E-state index in [0.717, 1.165) is 0 Å². The topological polar surface area (TPSA) is 96.6 Å². The van der Waals surface area contributed by atoms with Crippen molar-refractivity contribution in [2.75, 3.05) is 20.0 Å². The number of nitrogens with two attached hydrogens (primary N) is 1. The monoisotopic (exact) mass is 275 g/mol. The maximum atomic E-state index is 11.3. The quantitative estimate of drug-likeness (QED) is 0.669. The molecule has 0 unspecified atom stereocenters. The number of hydrogen-bond donors (Lipinski definition) is 1. The number of esters is 1. The number of rotatable bonds is 4. The lowest BCUT2D eigenvalue weighted by Crippen LogP contribution is -2.07. The van der Waals surface area contributed by atoms with Gasteiger partial charge in [0.2, 0.25) is 11.7 Å². The van der Waals surface area contributed by atoms with Crippen LogP contribution in [0.3, 0.4) is 0 Å². The van der Waals surface area contributed by atoms with Crippen molar-refractivity contribution in [3.8, 4) is 17.4 Å². The number of nitrogen functional groups attached to an aromatic ring is 1. The SMILES string of the molecule is COC(=O)c1nccc(Oc2ccc(N)cc2OC)n1. The number of methoxy groups -OCH3 is 2. The summed E-state index contributed by atoms with van der Waals surface area (Å²) in [5, 5.41) is 0. The van der Waals surface area contributed by atoms with Gasteiger partial charge in [0.15, 0.2) is 11.5 Å². The highest BCUT2D eigenvalue weighted by Crippen LogP contribution is 2.32. The first-order valence-electron chi connectivity index (χ1n) is 5.66. The Labute approximate surface area is 115 Å². The molecule has 0 fully saturated rings. The first kappa shape index (κ1) is 13.6. The molecule has 0 aliphatic carbocycles. The fraction of sp³-hybridized carbons (Fsp3) is 0.154. The van der Waals surface area contributed by atoms with E-state index < -0.39 is 5.97 Å². The number of carbonyl (C=O) groups is 1. The Morgan fingerprint density at radius 3 is 2.70 bits per heavy atom. The van der Waals surface area contributed by atoms with Crippen LogP contribution in [0.15, 0.2) is 30.5 Å². The Morgan fingerprint density at radius 2 is 2.00 bits per heavy atom. The van der Waals surface area contributed by atoms with E-state index in [1.165, 1.54) is 26.5 Å². The van der Waals surface area contributed by atoms with E-state index in [4.69, 9.17) is 15.2 Å².